The molecule has 2 atom stereocenters. The summed E-state index contributed by atoms with van der Waals surface area (Å²) in [6, 6.07) is 0.829. The number of ether oxygens (including phenoxy) is 1. The molecule has 1 aliphatic rings. The van der Waals surface area contributed by atoms with Gasteiger partial charge < -0.3 is 10.1 Å². The van der Waals surface area contributed by atoms with Gasteiger partial charge >= 0.3 is 0 Å². The summed E-state index contributed by atoms with van der Waals surface area (Å²) in [5, 5.41) is 3.54. The first kappa shape index (κ1) is 15.0. The number of nitrogens with one attached hydrogen (secondary N) is 1. The van der Waals surface area contributed by atoms with Crippen LogP contribution in [-0.4, -0.2) is 25.3 Å². The zero-order valence-corrected chi connectivity index (χ0v) is 12.0. The summed E-state index contributed by atoms with van der Waals surface area (Å²) in [5.74, 6) is 0.772. The van der Waals surface area contributed by atoms with E-state index in [-0.39, 0.29) is 0 Å². The Morgan fingerprint density at radius 1 is 1.24 bits per heavy atom. The minimum atomic E-state index is 0.414. The zero-order chi connectivity index (χ0) is 12.5. The molecule has 2 heteroatoms. The van der Waals surface area contributed by atoms with Crippen molar-refractivity contribution in [1.29, 1.82) is 0 Å². The van der Waals surface area contributed by atoms with E-state index in [0.29, 0.717) is 6.10 Å². The first-order valence-electron chi connectivity index (χ1n) is 7.61. The Morgan fingerprint density at radius 3 is 2.59 bits per heavy atom. The summed E-state index contributed by atoms with van der Waals surface area (Å²) in [7, 11) is 0. The molecule has 1 N–H and O–H groups in total. The summed E-state index contributed by atoms with van der Waals surface area (Å²) >= 11 is 0. The quantitative estimate of drug-likeness (QED) is 0.595. The number of unbranched alkanes of at least 4 members (excludes halogenated alkanes) is 1. The second-order valence-electron chi connectivity index (χ2n) is 5.58. The Bertz CT molecular complexity index is 180. The summed E-state index contributed by atoms with van der Waals surface area (Å²) in [6.07, 6.45) is 9.57. The Hall–Kier alpha value is -0.0800. The maximum atomic E-state index is 5.95. The molecule has 1 rings (SSSR count). The van der Waals surface area contributed by atoms with Crippen molar-refractivity contribution >= 4 is 0 Å². The smallest absolute Gasteiger partial charge is 0.0559 e. The topological polar surface area (TPSA) is 21.3 Å². The fourth-order valence-electron chi connectivity index (χ4n) is 2.06. The largest absolute Gasteiger partial charge is 0.378 e. The molecule has 1 fully saturated rings. The van der Waals surface area contributed by atoms with Crippen LogP contribution >= 0.6 is 0 Å². The van der Waals surface area contributed by atoms with Crippen LogP contribution in [0.3, 0.4) is 0 Å². The molecule has 0 heterocycles. The highest BCUT2D eigenvalue weighted by atomic mass is 16.5. The van der Waals surface area contributed by atoms with Crippen molar-refractivity contribution in [3.63, 3.8) is 0 Å². The lowest BCUT2D eigenvalue weighted by Gasteiger charge is -2.19. The second-order valence-corrected chi connectivity index (χ2v) is 5.58. The first-order chi connectivity index (χ1) is 8.26. The first-order valence-corrected chi connectivity index (χ1v) is 7.61. The van der Waals surface area contributed by atoms with E-state index in [1.807, 2.05) is 0 Å². The average molecular weight is 241 g/mol. The van der Waals surface area contributed by atoms with Crippen molar-refractivity contribution < 1.29 is 4.74 Å². The summed E-state index contributed by atoms with van der Waals surface area (Å²) in [6.45, 7) is 8.84. The lowest BCUT2D eigenvalue weighted by molar-refractivity contribution is 0.0321. The van der Waals surface area contributed by atoms with Gasteiger partial charge in [0.15, 0.2) is 0 Å². The molecule has 102 valence electrons. The Balaban J connectivity index is 1.97. The Morgan fingerprint density at radius 2 is 2.00 bits per heavy atom. The molecule has 1 aliphatic carbocycles. The lowest BCUT2D eigenvalue weighted by atomic mass is 10.0. The molecule has 0 saturated heterocycles. The maximum Gasteiger partial charge on any atom is 0.0559 e. The van der Waals surface area contributed by atoms with Gasteiger partial charge in [-0.1, -0.05) is 33.1 Å². The molecule has 0 aromatic rings. The van der Waals surface area contributed by atoms with Gasteiger partial charge in [0.2, 0.25) is 0 Å². The van der Waals surface area contributed by atoms with Crippen LogP contribution in [0.25, 0.3) is 0 Å². The van der Waals surface area contributed by atoms with E-state index in [1.165, 1.54) is 38.5 Å². The summed E-state index contributed by atoms with van der Waals surface area (Å²) < 4.78 is 5.95. The van der Waals surface area contributed by atoms with Crippen LogP contribution in [0.2, 0.25) is 0 Å². The van der Waals surface area contributed by atoms with Crippen LogP contribution < -0.4 is 5.32 Å². The van der Waals surface area contributed by atoms with Gasteiger partial charge in [0.25, 0.3) is 0 Å². The molecule has 0 aromatic heterocycles. The number of rotatable bonds is 11. The second kappa shape index (κ2) is 8.93. The molecule has 0 aromatic carbocycles. The highest BCUT2D eigenvalue weighted by Crippen LogP contribution is 2.18. The predicted octanol–water partition coefficient (Wildman–Crippen LogP) is 3.75. The molecule has 1 saturated carbocycles. The third kappa shape index (κ3) is 7.77. The molecule has 0 radical (unpaired) electrons. The number of hydrogen-bond donors (Lipinski definition) is 1. The average Bonchev–Trinajstić information content (AvgIpc) is 3.13. The molecular formula is C15H31NO. The molecule has 0 amide bonds. The van der Waals surface area contributed by atoms with Crippen LogP contribution in [0, 0.1) is 5.92 Å². The van der Waals surface area contributed by atoms with E-state index in [2.05, 4.69) is 26.1 Å². The number of hydrogen-bond acceptors (Lipinski definition) is 2. The van der Waals surface area contributed by atoms with E-state index in [1.54, 1.807) is 0 Å². The predicted molar refractivity (Wildman–Crippen MR) is 74.4 cm³/mol. The van der Waals surface area contributed by atoms with Crippen molar-refractivity contribution in [3.8, 4) is 0 Å². The van der Waals surface area contributed by atoms with Crippen LogP contribution in [0.5, 0.6) is 0 Å². The third-order valence-electron chi connectivity index (χ3n) is 3.72. The summed E-state index contributed by atoms with van der Waals surface area (Å²) in [4.78, 5) is 0. The van der Waals surface area contributed by atoms with Gasteiger partial charge in [-0.05, 0) is 45.1 Å². The van der Waals surface area contributed by atoms with Gasteiger partial charge in [0.1, 0.15) is 0 Å². The Labute approximate surface area is 108 Å². The standard InChI is InChI=1S/C15H31NO/c1-4-6-7-14(5-2)12-17-13(3)10-11-16-15-8-9-15/h13-16H,4-12H2,1-3H3. The normalized spacial score (nSPS) is 19.2. The molecule has 0 spiro atoms. The van der Waals surface area contributed by atoms with E-state index < -0.39 is 0 Å². The molecule has 17 heavy (non-hydrogen) atoms. The van der Waals surface area contributed by atoms with E-state index >= 15 is 0 Å². The van der Waals surface area contributed by atoms with Crippen LogP contribution in [0.1, 0.15) is 65.7 Å². The van der Waals surface area contributed by atoms with Crippen molar-refractivity contribution in [2.45, 2.75) is 77.9 Å². The highest BCUT2D eigenvalue weighted by Gasteiger charge is 2.20. The van der Waals surface area contributed by atoms with Crippen LogP contribution in [0.4, 0.5) is 0 Å². The third-order valence-corrected chi connectivity index (χ3v) is 3.72. The van der Waals surface area contributed by atoms with Gasteiger partial charge in [0, 0.05) is 12.6 Å². The minimum absolute atomic E-state index is 0.414. The van der Waals surface area contributed by atoms with Crippen molar-refractivity contribution in [3.05, 3.63) is 0 Å². The zero-order valence-electron chi connectivity index (χ0n) is 12.0. The van der Waals surface area contributed by atoms with Gasteiger partial charge in [-0.15, -0.1) is 0 Å². The van der Waals surface area contributed by atoms with Crippen LogP contribution in [-0.2, 0) is 4.74 Å². The molecular weight excluding hydrogens is 210 g/mol. The monoisotopic (exact) mass is 241 g/mol. The van der Waals surface area contributed by atoms with Crippen molar-refractivity contribution in [2.75, 3.05) is 13.2 Å². The molecule has 0 aliphatic heterocycles. The lowest BCUT2D eigenvalue weighted by Crippen LogP contribution is -2.23. The van der Waals surface area contributed by atoms with Gasteiger partial charge in [-0.3, -0.25) is 0 Å². The Kier molecular flexibility index (Phi) is 7.87. The fraction of sp³-hybridized carbons (Fsp3) is 1.00. The maximum absolute atomic E-state index is 5.95. The van der Waals surface area contributed by atoms with Crippen molar-refractivity contribution in [1.82, 2.24) is 5.32 Å². The van der Waals surface area contributed by atoms with Gasteiger partial charge in [-0.2, -0.15) is 0 Å². The van der Waals surface area contributed by atoms with Gasteiger partial charge in [0.05, 0.1) is 6.10 Å². The molecule has 2 unspecified atom stereocenters. The molecule has 0 bridgehead atoms. The van der Waals surface area contributed by atoms with E-state index in [4.69, 9.17) is 4.74 Å². The fourth-order valence-corrected chi connectivity index (χ4v) is 2.06. The summed E-state index contributed by atoms with van der Waals surface area (Å²) in [5.41, 5.74) is 0. The minimum Gasteiger partial charge on any atom is -0.378 e. The van der Waals surface area contributed by atoms with Crippen molar-refractivity contribution in [2.24, 2.45) is 5.92 Å². The van der Waals surface area contributed by atoms with Gasteiger partial charge in [-0.25, -0.2) is 0 Å². The SMILES string of the molecule is CCCCC(CC)COC(C)CCNC1CC1. The van der Waals surface area contributed by atoms with E-state index in [0.717, 1.165) is 31.5 Å². The molecule has 2 nitrogen and oxygen atoms in total. The van der Waals surface area contributed by atoms with Crippen LogP contribution in [0.15, 0.2) is 0 Å². The van der Waals surface area contributed by atoms with E-state index in [9.17, 15) is 0 Å². The highest BCUT2D eigenvalue weighted by molar-refractivity contribution is 4.80.